The van der Waals surface area contributed by atoms with Gasteiger partial charge in [0.1, 0.15) is 5.02 Å². The largest absolute Gasteiger partial charge is 0.412 e. The molecule has 0 N–H and O–H groups in total. The number of nitrogens with zero attached hydrogens (tertiary/aromatic N) is 1. The third-order valence-electron chi connectivity index (χ3n) is 2.16. The Morgan fingerprint density at radius 1 is 1.53 bits per heavy atom. The fourth-order valence-corrected chi connectivity index (χ4v) is 2.41. The molecule has 4 nitrogen and oxygen atoms in total. The molecule has 0 saturated carbocycles. The Labute approximate surface area is 114 Å². The van der Waals surface area contributed by atoms with Gasteiger partial charge in [0.05, 0.1) is 11.5 Å². The Kier molecular flexibility index (Phi) is 5.12. The summed E-state index contributed by atoms with van der Waals surface area (Å²) in [6, 6.07) is 4.73. The van der Waals surface area contributed by atoms with E-state index in [1.807, 2.05) is 0 Å². The van der Waals surface area contributed by atoms with E-state index in [-0.39, 0.29) is 10.7 Å². The van der Waals surface area contributed by atoms with Crippen LogP contribution in [0, 0.1) is 10.1 Å². The van der Waals surface area contributed by atoms with Crippen LogP contribution in [-0.4, -0.2) is 18.2 Å². The number of hydrogen-bond acceptors (Lipinski definition) is 3. The SMILES string of the molecule is C[Si](C)(CBr)OCc1ccc(Cl)c([N+](=O)[O-])c1. The van der Waals surface area contributed by atoms with Crippen molar-refractivity contribution >= 4 is 41.5 Å². The molecule has 0 spiro atoms. The second-order valence-electron chi connectivity index (χ2n) is 4.22. The van der Waals surface area contributed by atoms with E-state index in [0.717, 1.165) is 10.5 Å². The molecular weight excluding hydrogens is 326 g/mol. The lowest BCUT2D eigenvalue weighted by Crippen LogP contribution is -2.32. The van der Waals surface area contributed by atoms with E-state index >= 15 is 0 Å². The highest BCUT2D eigenvalue weighted by Gasteiger charge is 2.21. The summed E-state index contributed by atoms with van der Waals surface area (Å²) in [5, 5.41) is 10.9. The van der Waals surface area contributed by atoms with Crippen LogP contribution in [0.4, 0.5) is 5.69 Å². The summed E-state index contributed by atoms with van der Waals surface area (Å²) in [6.45, 7) is 4.53. The lowest BCUT2D eigenvalue weighted by Gasteiger charge is -2.19. The molecule has 0 aromatic heterocycles. The first kappa shape index (κ1) is 14.6. The van der Waals surface area contributed by atoms with Gasteiger partial charge in [0.25, 0.3) is 5.69 Å². The van der Waals surface area contributed by atoms with Crippen molar-refractivity contribution in [2.24, 2.45) is 0 Å². The van der Waals surface area contributed by atoms with Crippen LogP contribution in [-0.2, 0) is 11.0 Å². The van der Waals surface area contributed by atoms with Crippen LogP contribution in [0.1, 0.15) is 5.56 Å². The Morgan fingerprint density at radius 3 is 2.71 bits per heavy atom. The van der Waals surface area contributed by atoms with Crippen LogP contribution in [0.2, 0.25) is 18.1 Å². The van der Waals surface area contributed by atoms with Gasteiger partial charge in [-0.25, -0.2) is 0 Å². The summed E-state index contributed by atoms with van der Waals surface area (Å²) in [4.78, 5) is 11.1. The van der Waals surface area contributed by atoms with E-state index in [0.29, 0.717) is 6.61 Å². The number of halogens is 2. The van der Waals surface area contributed by atoms with Crippen molar-refractivity contribution in [1.82, 2.24) is 0 Å². The van der Waals surface area contributed by atoms with Gasteiger partial charge < -0.3 is 4.43 Å². The summed E-state index contributed by atoms with van der Waals surface area (Å²) < 4.78 is 5.77. The molecule has 1 rings (SSSR count). The Balaban J connectivity index is 2.80. The van der Waals surface area contributed by atoms with Crippen LogP contribution in [0.15, 0.2) is 18.2 Å². The summed E-state index contributed by atoms with van der Waals surface area (Å²) in [5.74, 6) is 0. The Bertz CT molecular complexity index is 428. The topological polar surface area (TPSA) is 52.4 Å². The summed E-state index contributed by atoms with van der Waals surface area (Å²) in [7, 11) is -1.70. The fraction of sp³-hybridized carbons (Fsp3) is 0.400. The van der Waals surface area contributed by atoms with E-state index in [9.17, 15) is 10.1 Å². The van der Waals surface area contributed by atoms with Crippen molar-refractivity contribution in [2.45, 2.75) is 19.7 Å². The average Bonchev–Trinajstić information content (AvgIpc) is 2.27. The van der Waals surface area contributed by atoms with Crippen LogP contribution < -0.4 is 0 Å². The average molecular weight is 339 g/mol. The maximum atomic E-state index is 10.7. The third-order valence-corrected chi connectivity index (χ3v) is 8.10. The van der Waals surface area contributed by atoms with Gasteiger partial charge in [-0.3, -0.25) is 10.1 Å². The molecule has 0 heterocycles. The molecule has 17 heavy (non-hydrogen) atoms. The monoisotopic (exact) mass is 337 g/mol. The molecule has 1 aromatic rings. The van der Waals surface area contributed by atoms with E-state index in [2.05, 4.69) is 29.0 Å². The normalized spacial score (nSPS) is 11.5. The zero-order chi connectivity index (χ0) is 13.1. The van der Waals surface area contributed by atoms with Gasteiger partial charge in [-0.2, -0.15) is 0 Å². The first-order valence-corrected chi connectivity index (χ1v) is 9.60. The maximum Gasteiger partial charge on any atom is 0.288 e. The highest BCUT2D eigenvalue weighted by Crippen LogP contribution is 2.25. The number of alkyl halides is 1. The van der Waals surface area contributed by atoms with Crippen LogP contribution in [0.3, 0.4) is 0 Å². The molecule has 0 atom stereocenters. The van der Waals surface area contributed by atoms with Crippen molar-refractivity contribution in [3.05, 3.63) is 38.9 Å². The lowest BCUT2D eigenvalue weighted by atomic mass is 10.2. The molecule has 94 valence electrons. The first-order valence-electron chi connectivity index (χ1n) is 4.98. The minimum Gasteiger partial charge on any atom is -0.412 e. The zero-order valence-corrected chi connectivity index (χ0v) is 12.9. The minimum absolute atomic E-state index is 0.0777. The van der Waals surface area contributed by atoms with Crippen molar-refractivity contribution in [3.8, 4) is 0 Å². The van der Waals surface area contributed by atoms with Crippen LogP contribution in [0.5, 0.6) is 0 Å². The van der Waals surface area contributed by atoms with Gasteiger partial charge in [-0.15, -0.1) is 0 Å². The molecule has 0 aliphatic heterocycles. The van der Waals surface area contributed by atoms with E-state index in [1.54, 1.807) is 6.07 Å². The first-order chi connectivity index (χ1) is 7.85. The second kappa shape index (κ2) is 5.95. The van der Waals surface area contributed by atoms with Gasteiger partial charge >= 0.3 is 0 Å². The number of nitro groups is 1. The summed E-state index contributed by atoms with van der Waals surface area (Å²) >= 11 is 9.13. The van der Waals surface area contributed by atoms with Crippen molar-refractivity contribution < 1.29 is 9.35 Å². The van der Waals surface area contributed by atoms with Gasteiger partial charge in [0.15, 0.2) is 8.32 Å². The molecule has 0 saturated heterocycles. The van der Waals surface area contributed by atoms with E-state index < -0.39 is 13.2 Å². The zero-order valence-electron chi connectivity index (χ0n) is 9.57. The van der Waals surface area contributed by atoms with Gasteiger partial charge in [-0.1, -0.05) is 33.6 Å². The highest BCUT2D eigenvalue weighted by atomic mass is 79.9. The highest BCUT2D eigenvalue weighted by molar-refractivity contribution is 9.09. The smallest absolute Gasteiger partial charge is 0.288 e. The molecule has 1 aromatic carbocycles. The fourth-order valence-electron chi connectivity index (χ4n) is 1.11. The molecule has 0 amide bonds. The van der Waals surface area contributed by atoms with Crippen molar-refractivity contribution in [2.75, 3.05) is 4.95 Å². The van der Waals surface area contributed by atoms with E-state index in [4.69, 9.17) is 16.0 Å². The summed E-state index contributed by atoms with van der Waals surface area (Å²) in [5.41, 5.74) is 0.689. The Morgan fingerprint density at radius 2 is 2.18 bits per heavy atom. The summed E-state index contributed by atoms with van der Waals surface area (Å²) in [6.07, 6.45) is 0. The van der Waals surface area contributed by atoms with Crippen LogP contribution >= 0.6 is 27.5 Å². The molecule has 0 fully saturated rings. The molecule has 0 unspecified atom stereocenters. The lowest BCUT2D eigenvalue weighted by molar-refractivity contribution is -0.384. The molecule has 7 heteroatoms. The van der Waals surface area contributed by atoms with Gasteiger partial charge in [-0.05, 0) is 24.7 Å². The molecular formula is C10H13BrClNO3Si. The molecule has 0 radical (unpaired) electrons. The van der Waals surface area contributed by atoms with Crippen LogP contribution in [0.25, 0.3) is 0 Å². The Hall–Kier alpha value is -0.433. The molecule has 0 aliphatic carbocycles. The quantitative estimate of drug-likeness (QED) is 0.354. The van der Waals surface area contributed by atoms with Gasteiger partial charge in [0.2, 0.25) is 0 Å². The predicted molar refractivity (Wildman–Crippen MR) is 74.2 cm³/mol. The second-order valence-corrected chi connectivity index (χ2v) is 10.4. The third kappa shape index (κ3) is 4.38. The molecule has 0 bridgehead atoms. The number of benzene rings is 1. The maximum absolute atomic E-state index is 10.7. The predicted octanol–water partition coefficient (Wildman–Crippen LogP) is 3.90. The standard InChI is InChI=1S/C10H13BrClNO3Si/c1-17(2,7-11)16-6-8-3-4-9(12)10(5-8)13(14)15/h3-5H,6-7H2,1-2H3. The minimum atomic E-state index is -1.70. The van der Waals surface area contributed by atoms with E-state index in [1.165, 1.54) is 12.1 Å². The van der Waals surface area contributed by atoms with Crippen molar-refractivity contribution in [1.29, 1.82) is 0 Å². The number of rotatable bonds is 5. The molecule has 0 aliphatic rings. The van der Waals surface area contributed by atoms with Crippen molar-refractivity contribution in [3.63, 3.8) is 0 Å². The van der Waals surface area contributed by atoms with Gasteiger partial charge in [0, 0.05) is 11.0 Å². The number of hydrogen-bond donors (Lipinski definition) is 0. The number of nitro benzene ring substituents is 1.